The minimum atomic E-state index is -0.770. The SMILES string of the molecule is Cc1nc(CCC(C(=O)O)c2ccccc2)cs1. The molecule has 1 heterocycles. The van der Waals surface area contributed by atoms with Crippen molar-refractivity contribution in [3.8, 4) is 0 Å². The van der Waals surface area contributed by atoms with Crippen LogP contribution in [-0.2, 0) is 11.2 Å². The third kappa shape index (κ3) is 3.17. The summed E-state index contributed by atoms with van der Waals surface area (Å²) >= 11 is 1.60. The van der Waals surface area contributed by atoms with Gasteiger partial charge in [0.1, 0.15) is 0 Å². The Bertz CT molecular complexity index is 522. The van der Waals surface area contributed by atoms with Crippen molar-refractivity contribution < 1.29 is 9.90 Å². The number of aliphatic carboxylic acids is 1. The van der Waals surface area contributed by atoms with E-state index in [2.05, 4.69) is 4.98 Å². The molecule has 1 aromatic carbocycles. The number of rotatable bonds is 5. The smallest absolute Gasteiger partial charge is 0.310 e. The summed E-state index contributed by atoms with van der Waals surface area (Å²) in [6, 6.07) is 9.37. The summed E-state index contributed by atoms with van der Waals surface area (Å²) in [7, 11) is 0. The second kappa shape index (κ2) is 5.78. The lowest BCUT2D eigenvalue weighted by molar-refractivity contribution is -0.138. The van der Waals surface area contributed by atoms with Crippen LogP contribution in [0.1, 0.15) is 28.6 Å². The zero-order valence-corrected chi connectivity index (χ0v) is 11.0. The van der Waals surface area contributed by atoms with E-state index in [9.17, 15) is 9.90 Å². The Balaban J connectivity index is 2.06. The summed E-state index contributed by atoms with van der Waals surface area (Å²) in [4.78, 5) is 15.7. The quantitative estimate of drug-likeness (QED) is 0.898. The summed E-state index contributed by atoms with van der Waals surface area (Å²) < 4.78 is 0. The number of hydrogen-bond acceptors (Lipinski definition) is 3. The number of carbonyl (C=O) groups is 1. The van der Waals surface area contributed by atoms with Crippen molar-refractivity contribution in [2.75, 3.05) is 0 Å². The molecule has 18 heavy (non-hydrogen) atoms. The third-order valence-electron chi connectivity index (χ3n) is 2.86. The first-order valence-corrected chi connectivity index (χ1v) is 6.73. The van der Waals surface area contributed by atoms with Gasteiger partial charge in [-0.2, -0.15) is 0 Å². The monoisotopic (exact) mass is 261 g/mol. The number of nitrogens with zero attached hydrogens (tertiary/aromatic N) is 1. The Kier molecular flexibility index (Phi) is 4.10. The molecule has 3 nitrogen and oxygen atoms in total. The van der Waals surface area contributed by atoms with Gasteiger partial charge in [-0.1, -0.05) is 30.3 Å². The molecule has 0 amide bonds. The second-order valence-corrected chi connectivity index (χ2v) is 5.26. The highest BCUT2D eigenvalue weighted by Crippen LogP contribution is 2.22. The lowest BCUT2D eigenvalue weighted by Gasteiger charge is -2.11. The van der Waals surface area contributed by atoms with Crippen molar-refractivity contribution in [1.82, 2.24) is 4.98 Å². The van der Waals surface area contributed by atoms with Crippen molar-refractivity contribution in [2.24, 2.45) is 0 Å². The number of thiazole rings is 1. The van der Waals surface area contributed by atoms with Crippen LogP contribution in [0.3, 0.4) is 0 Å². The number of aromatic nitrogens is 1. The normalized spacial score (nSPS) is 12.3. The van der Waals surface area contributed by atoms with E-state index in [0.29, 0.717) is 12.8 Å². The van der Waals surface area contributed by atoms with Gasteiger partial charge in [-0.05, 0) is 25.3 Å². The molecule has 0 saturated heterocycles. The third-order valence-corrected chi connectivity index (χ3v) is 3.68. The molecule has 1 aromatic heterocycles. The van der Waals surface area contributed by atoms with Crippen LogP contribution in [-0.4, -0.2) is 16.1 Å². The molecule has 2 aromatic rings. The fourth-order valence-corrected chi connectivity index (χ4v) is 2.58. The van der Waals surface area contributed by atoms with E-state index in [1.165, 1.54) is 0 Å². The molecule has 0 saturated carbocycles. The van der Waals surface area contributed by atoms with Crippen LogP contribution in [0.5, 0.6) is 0 Å². The molecule has 1 unspecified atom stereocenters. The average molecular weight is 261 g/mol. The molecule has 0 radical (unpaired) electrons. The van der Waals surface area contributed by atoms with E-state index in [1.807, 2.05) is 42.6 Å². The van der Waals surface area contributed by atoms with Gasteiger partial charge in [0, 0.05) is 5.38 Å². The van der Waals surface area contributed by atoms with E-state index in [4.69, 9.17) is 0 Å². The predicted molar refractivity (Wildman–Crippen MR) is 72.0 cm³/mol. The maximum atomic E-state index is 11.3. The maximum absolute atomic E-state index is 11.3. The van der Waals surface area contributed by atoms with Crippen LogP contribution in [0.4, 0.5) is 0 Å². The van der Waals surface area contributed by atoms with Crippen LogP contribution in [0.25, 0.3) is 0 Å². The van der Waals surface area contributed by atoms with Gasteiger partial charge in [-0.15, -0.1) is 11.3 Å². The van der Waals surface area contributed by atoms with Crippen LogP contribution >= 0.6 is 11.3 Å². The van der Waals surface area contributed by atoms with Gasteiger partial charge < -0.3 is 5.11 Å². The number of aryl methyl sites for hydroxylation is 2. The van der Waals surface area contributed by atoms with E-state index in [-0.39, 0.29) is 0 Å². The molecular formula is C14H15NO2S. The van der Waals surface area contributed by atoms with Gasteiger partial charge in [0.2, 0.25) is 0 Å². The standard InChI is InChI=1S/C14H15NO2S/c1-10-15-12(9-18-10)7-8-13(14(16)17)11-5-3-2-4-6-11/h2-6,9,13H,7-8H2,1H3,(H,16,17). The molecule has 1 N–H and O–H groups in total. The van der Waals surface area contributed by atoms with Crippen LogP contribution < -0.4 is 0 Å². The van der Waals surface area contributed by atoms with E-state index in [1.54, 1.807) is 11.3 Å². The Labute approximate surface area is 110 Å². The average Bonchev–Trinajstić information content (AvgIpc) is 2.76. The van der Waals surface area contributed by atoms with Gasteiger partial charge in [0.25, 0.3) is 0 Å². The molecular weight excluding hydrogens is 246 g/mol. The summed E-state index contributed by atoms with van der Waals surface area (Å²) in [5.74, 6) is -1.22. The molecule has 0 bridgehead atoms. The molecule has 0 fully saturated rings. The Morgan fingerprint density at radius 3 is 2.67 bits per heavy atom. The van der Waals surface area contributed by atoms with Crippen LogP contribution in [0.15, 0.2) is 35.7 Å². The minimum absolute atomic E-state index is 0.451. The number of carboxylic acid groups (broad SMARTS) is 1. The van der Waals surface area contributed by atoms with Gasteiger partial charge in [-0.25, -0.2) is 4.98 Å². The largest absolute Gasteiger partial charge is 0.481 e. The predicted octanol–water partition coefficient (Wildman–Crippen LogP) is 3.25. The van der Waals surface area contributed by atoms with Crippen molar-refractivity contribution in [1.29, 1.82) is 0 Å². The summed E-state index contributed by atoms with van der Waals surface area (Å²) in [5.41, 5.74) is 1.84. The van der Waals surface area contributed by atoms with Crippen molar-refractivity contribution in [3.63, 3.8) is 0 Å². The van der Waals surface area contributed by atoms with E-state index in [0.717, 1.165) is 16.3 Å². The number of hydrogen-bond donors (Lipinski definition) is 1. The second-order valence-electron chi connectivity index (χ2n) is 4.20. The van der Waals surface area contributed by atoms with Crippen LogP contribution in [0.2, 0.25) is 0 Å². The molecule has 0 aliphatic carbocycles. The zero-order valence-electron chi connectivity index (χ0n) is 10.2. The summed E-state index contributed by atoms with van der Waals surface area (Å²) in [6.07, 6.45) is 1.29. The van der Waals surface area contributed by atoms with E-state index < -0.39 is 11.9 Å². The topological polar surface area (TPSA) is 50.2 Å². The van der Waals surface area contributed by atoms with Crippen LogP contribution in [0, 0.1) is 6.92 Å². The highest BCUT2D eigenvalue weighted by Gasteiger charge is 2.19. The molecule has 4 heteroatoms. The van der Waals surface area contributed by atoms with Crippen molar-refractivity contribution >= 4 is 17.3 Å². The molecule has 0 aliphatic heterocycles. The molecule has 2 rings (SSSR count). The number of benzene rings is 1. The first-order chi connectivity index (χ1) is 8.66. The molecule has 1 atom stereocenters. The lowest BCUT2D eigenvalue weighted by atomic mass is 9.94. The van der Waals surface area contributed by atoms with Gasteiger partial charge in [0.15, 0.2) is 0 Å². The Morgan fingerprint density at radius 1 is 1.39 bits per heavy atom. The molecule has 94 valence electrons. The van der Waals surface area contributed by atoms with Gasteiger partial charge in [0.05, 0.1) is 16.6 Å². The summed E-state index contributed by atoms with van der Waals surface area (Å²) in [5, 5.41) is 12.3. The molecule has 0 spiro atoms. The highest BCUT2D eigenvalue weighted by atomic mass is 32.1. The maximum Gasteiger partial charge on any atom is 0.310 e. The van der Waals surface area contributed by atoms with Gasteiger partial charge in [-0.3, -0.25) is 4.79 Å². The molecule has 0 aliphatic rings. The first-order valence-electron chi connectivity index (χ1n) is 5.85. The van der Waals surface area contributed by atoms with Crippen molar-refractivity contribution in [3.05, 3.63) is 52.0 Å². The van der Waals surface area contributed by atoms with Crippen molar-refractivity contribution in [2.45, 2.75) is 25.7 Å². The van der Waals surface area contributed by atoms with E-state index >= 15 is 0 Å². The Hall–Kier alpha value is -1.68. The minimum Gasteiger partial charge on any atom is -0.481 e. The Morgan fingerprint density at radius 2 is 2.11 bits per heavy atom. The summed E-state index contributed by atoms with van der Waals surface area (Å²) in [6.45, 7) is 1.96. The zero-order chi connectivity index (χ0) is 13.0. The fraction of sp³-hybridized carbons (Fsp3) is 0.286. The number of carboxylic acids is 1. The fourth-order valence-electron chi connectivity index (χ4n) is 1.93. The van der Waals surface area contributed by atoms with Gasteiger partial charge >= 0.3 is 5.97 Å². The lowest BCUT2D eigenvalue weighted by Crippen LogP contribution is -2.12. The highest BCUT2D eigenvalue weighted by molar-refractivity contribution is 7.09. The first kappa shape index (κ1) is 12.8.